The minimum Gasteiger partial charge on any atom is -0.456 e. The molecule has 27 rings (SSSR count). The Bertz CT molecular complexity index is 8140. The van der Waals surface area contributed by atoms with Crippen LogP contribution < -0.4 is 0 Å². The highest BCUT2D eigenvalue weighted by atomic mass is 32.2. The Kier molecular flexibility index (Phi) is 17.1. The Morgan fingerprint density at radius 1 is 0.138 bits per heavy atom. The molecule has 6 aromatic heterocycles. The van der Waals surface area contributed by atoms with Crippen molar-refractivity contribution in [3.63, 3.8) is 0 Å². The molecule has 582 valence electrons. The van der Waals surface area contributed by atoms with Crippen LogP contribution in [0.1, 0.15) is 33.4 Å². The van der Waals surface area contributed by atoms with Crippen molar-refractivity contribution in [2.45, 2.75) is 34.5 Å². The largest absolute Gasteiger partial charge is 0.456 e. The van der Waals surface area contributed by atoms with Crippen LogP contribution in [0.25, 0.3) is 232 Å². The molecule has 0 aliphatic carbocycles. The van der Waals surface area contributed by atoms with E-state index in [1.54, 1.807) is 0 Å². The average molecular weight is 1630 g/mol. The Morgan fingerprint density at radius 3 is 0.691 bits per heavy atom. The maximum absolute atomic E-state index is 6.38. The SMILES string of the molecule is c1ccc2c(c1)oc1cc(-c3ccc4c(c3)CSCc3ccc(-c5ccc6c(c5)oc5ccccc56)cc3-4)ccc12.c1ccc2c(c1)oc1cc(-c3ccc4c(c3)CSCc3ccc(-c5ccc6c(c5)oc5ccccc56)cc3-4)ccc12.c1ccc2c(c1)oc1cc(-c3ccc4c(c3)CSCc3ccc(-c5cccc6c5oc5ccccc56)cc3-4)ccc12. The summed E-state index contributed by atoms with van der Waals surface area (Å²) in [5.41, 5.74) is 41.7. The summed E-state index contributed by atoms with van der Waals surface area (Å²) in [6.45, 7) is 0. The zero-order chi connectivity index (χ0) is 80.7. The number of furan rings is 6. The van der Waals surface area contributed by atoms with E-state index in [-0.39, 0.29) is 0 Å². The van der Waals surface area contributed by atoms with Crippen LogP contribution in [0.2, 0.25) is 0 Å². The Labute approximate surface area is 720 Å². The van der Waals surface area contributed by atoms with Gasteiger partial charge in [-0.25, -0.2) is 0 Å². The monoisotopic (exact) mass is 1630 g/mol. The minimum absolute atomic E-state index is 0.930. The molecule has 9 heterocycles. The van der Waals surface area contributed by atoms with Crippen LogP contribution in [0.3, 0.4) is 0 Å². The van der Waals surface area contributed by atoms with Crippen molar-refractivity contribution in [3.8, 4) is 100 Å². The van der Waals surface area contributed by atoms with Gasteiger partial charge in [0.2, 0.25) is 0 Å². The zero-order valence-electron chi connectivity index (χ0n) is 66.6. The normalized spacial score (nSPS) is 13.1. The van der Waals surface area contributed by atoms with Gasteiger partial charge < -0.3 is 26.5 Å². The molecule has 0 spiro atoms. The molecule has 0 bridgehead atoms. The topological polar surface area (TPSA) is 78.8 Å². The van der Waals surface area contributed by atoms with Crippen molar-refractivity contribution < 1.29 is 26.5 Å². The number of hydrogen-bond donors (Lipinski definition) is 0. The molecule has 9 heteroatoms. The van der Waals surface area contributed by atoms with Crippen molar-refractivity contribution in [2.75, 3.05) is 0 Å². The van der Waals surface area contributed by atoms with Crippen LogP contribution >= 0.6 is 35.3 Å². The molecular weight excluding hydrogens is 1560 g/mol. The van der Waals surface area contributed by atoms with Crippen molar-refractivity contribution in [1.29, 1.82) is 0 Å². The summed E-state index contributed by atoms with van der Waals surface area (Å²) in [6, 6.07) is 131. The lowest BCUT2D eigenvalue weighted by molar-refractivity contribution is 0.668. The zero-order valence-corrected chi connectivity index (χ0v) is 69.0. The number of thioether (sulfide) groups is 3. The molecular formula is C114H72O6S3. The van der Waals surface area contributed by atoms with Crippen molar-refractivity contribution in [2.24, 2.45) is 0 Å². The van der Waals surface area contributed by atoms with E-state index in [1.807, 2.05) is 108 Å². The molecule has 0 amide bonds. The van der Waals surface area contributed by atoms with Crippen molar-refractivity contribution >= 4 is 167 Å². The fraction of sp³-hybridized carbons (Fsp3) is 0.0526. The van der Waals surface area contributed by atoms with Crippen molar-refractivity contribution in [3.05, 3.63) is 397 Å². The highest BCUT2D eigenvalue weighted by Crippen LogP contribution is 2.48. The molecule has 0 radical (unpaired) electrons. The first-order valence-electron chi connectivity index (χ1n) is 41.9. The number of benzene rings is 18. The number of fused-ring (bicyclic) bond motifs is 27. The Hall–Kier alpha value is -14.2. The van der Waals surface area contributed by atoms with Crippen LogP contribution in [0.4, 0.5) is 0 Å². The third-order valence-corrected chi connectivity index (χ3v) is 28.4. The van der Waals surface area contributed by atoms with E-state index in [9.17, 15) is 0 Å². The standard InChI is InChI=1S/3C38H24O2S/c1-3-10-35-30(6-1)32-17-15-24(20-37(32)39-35)23-14-16-28-27(18-23)22-41-21-26-13-12-25(19-34(26)28)29-8-5-9-33-31-7-2-4-11-36(31)40-38(29)33;2*1-3-7-35-30(5-1)32-15-12-25(19-37(32)39-35)23-11-14-29-28(17-23)22-41-21-27-10-9-24(18-34(27)29)26-13-16-33-31-6-2-4-8-36(31)40-38(33)20-26/h3*1-20H,21-22H2. The summed E-state index contributed by atoms with van der Waals surface area (Å²) in [6.07, 6.45) is 0. The molecule has 0 atom stereocenters. The molecule has 0 saturated carbocycles. The highest BCUT2D eigenvalue weighted by Gasteiger charge is 2.25. The molecule has 6 nitrogen and oxygen atoms in total. The lowest BCUT2D eigenvalue weighted by atomic mass is 9.90. The Balaban J connectivity index is 0.000000101. The van der Waals surface area contributed by atoms with E-state index in [0.717, 1.165) is 161 Å². The quantitative estimate of drug-likeness (QED) is 0.162. The van der Waals surface area contributed by atoms with Crippen LogP contribution in [0.5, 0.6) is 0 Å². The summed E-state index contributed by atoms with van der Waals surface area (Å²) in [4.78, 5) is 0. The summed E-state index contributed by atoms with van der Waals surface area (Å²) in [5, 5.41) is 14.0. The van der Waals surface area contributed by atoms with Gasteiger partial charge in [-0.2, -0.15) is 35.3 Å². The van der Waals surface area contributed by atoms with Crippen LogP contribution in [-0.2, 0) is 34.5 Å². The number of hydrogen-bond acceptors (Lipinski definition) is 9. The van der Waals surface area contributed by atoms with Gasteiger partial charge in [0, 0.05) is 105 Å². The van der Waals surface area contributed by atoms with Crippen LogP contribution in [0, 0.1) is 0 Å². The fourth-order valence-electron chi connectivity index (χ4n) is 19.2. The molecule has 3 aliphatic heterocycles. The lowest BCUT2D eigenvalue weighted by Crippen LogP contribution is -1.91. The first-order chi connectivity index (χ1) is 60.9. The molecule has 0 unspecified atom stereocenters. The van der Waals surface area contributed by atoms with E-state index in [2.05, 4.69) is 291 Å². The van der Waals surface area contributed by atoms with E-state index in [1.165, 1.54) is 139 Å². The molecule has 123 heavy (non-hydrogen) atoms. The average Bonchev–Trinajstić information content (AvgIpc) is 1.66. The van der Waals surface area contributed by atoms with Gasteiger partial charge in [0.15, 0.2) is 0 Å². The number of para-hydroxylation sites is 7. The van der Waals surface area contributed by atoms with Gasteiger partial charge in [-0.1, -0.05) is 231 Å². The van der Waals surface area contributed by atoms with Crippen LogP contribution in [-0.4, -0.2) is 0 Å². The second kappa shape index (κ2) is 29.3. The maximum Gasteiger partial charge on any atom is 0.143 e. The summed E-state index contributed by atoms with van der Waals surface area (Å²) in [7, 11) is 0. The third kappa shape index (κ3) is 12.5. The predicted molar refractivity (Wildman–Crippen MR) is 517 cm³/mol. The van der Waals surface area contributed by atoms with Crippen LogP contribution in [0.15, 0.2) is 390 Å². The maximum atomic E-state index is 6.38. The first kappa shape index (κ1) is 71.7. The second-order valence-corrected chi connectivity index (χ2v) is 35.5. The van der Waals surface area contributed by atoms with Gasteiger partial charge in [0.25, 0.3) is 0 Å². The molecule has 18 aromatic carbocycles. The van der Waals surface area contributed by atoms with Gasteiger partial charge in [-0.3, -0.25) is 0 Å². The van der Waals surface area contributed by atoms with Gasteiger partial charge in [-0.15, -0.1) is 0 Å². The van der Waals surface area contributed by atoms with E-state index in [0.29, 0.717) is 0 Å². The summed E-state index contributed by atoms with van der Waals surface area (Å²) < 4.78 is 37.3. The fourth-order valence-corrected chi connectivity index (χ4v) is 22.3. The number of rotatable bonds is 6. The van der Waals surface area contributed by atoms with Gasteiger partial charge in [0.05, 0.1) is 0 Å². The van der Waals surface area contributed by atoms with E-state index < -0.39 is 0 Å². The van der Waals surface area contributed by atoms with Gasteiger partial charge >= 0.3 is 0 Å². The molecule has 0 fully saturated rings. The molecule has 0 N–H and O–H groups in total. The second-order valence-electron chi connectivity index (χ2n) is 32.5. The van der Waals surface area contributed by atoms with Crippen molar-refractivity contribution in [1.82, 2.24) is 0 Å². The summed E-state index contributed by atoms with van der Waals surface area (Å²) in [5.74, 6) is 5.98. The summed E-state index contributed by atoms with van der Waals surface area (Å²) >= 11 is 5.95. The lowest BCUT2D eigenvalue weighted by Gasteiger charge is -2.13. The molecule has 3 aliphatic rings. The van der Waals surface area contributed by atoms with Gasteiger partial charge in [-0.05, 0) is 261 Å². The third-order valence-electron chi connectivity index (χ3n) is 25.3. The molecule has 0 saturated heterocycles. The van der Waals surface area contributed by atoms with E-state index >= 15 is 0 Å². The van der Waals surface area contributed by atoms with E-state index in [4.69, 9.17) is 26.5 Å². The minimum atomic E-state index is 0.930. The first-order valence-corrected chi connectivity index (χ1v) is 45.3. The molecule has 24 aromatic rings. The predicted octanol–water partition coefficient (Wildman–Crippen LogP) is 33.7. The Morgan fingerprint density at radius 2 is 0.366 bits per heavy atom. The highest BCUT2D eigenvalue weighted by molar-refractivity contribution is 7.98. The van der Waals surface area contributed by atoms with Gasteiger partial charge in [0.1, 0.15) is 67.0 Å². The smallest absolute Gasteiger partial charge is 0.143 e.